The first kappa shape index (κ1) is 41.5. The fourth-order valence-electron chi connectivity index (χ4n) is 5.36. The number of benzene rings is 3. The van der Waals surface area contributed by atoms with Crippen LogP contribution in [0.4, 0.5) is 34.1 Å². The largest absolute Gasteiger partial charge is 0.494 e. The topological polar surface area (TPSA) is 141 Å². The van der Waals surface area contributed by atoms with Crippen molar-refractivity contribution in [2.24, 2.45) is 25.9 Å². The summed E-state index contributed by atoms with van der Waals surface area (Å²) in [6.07, 6.45) is 13.4. The molecule has 0 aromatic heterocycles. The van der Waals surface area contributed by atoms with Crippen molar-refractivity contribution in [3.8, 4) is 11.5 Å². The molecule has 0 atom stereocenters. The Kier molecular flexibility index (Phi) is 17.7. The first-order valence-electron chi connectivity index (χ1n) is 18.5. The molecule has 12 nitrogen and oxygen atoms in total. The molecule has 0 heterocycles. The van der Waals surface area contributed by atoms with Crippen LogP contribution in [0.2, 0.25) is 0 Å². The normalized spacial score (nSPS) is 11.7. The molecule has 0 amide bonds. The van der Waals surface area contributed by atoms with E-state index < -0.39 is 10.3 Å². The molecule has 282 valence electrons. The second-order valence-corrected chi connectivity index (χ2v) is 13.4. The van der Waals surface area contributed by atoms with Gasteiger partial charge in [0.1, 0.15) is 29.5 Å². The van der Waals surface area contributed by atoms with Crippen molar-refractivity contribution in [1.82, 2.24) is 0 Å². The maximum absolute atomic E-state index is 12.6. The molecule has 0 aliphatic rings. The third-order valence-electron chi connectivity index (χ3n) is 9.11. The zero-order chi connectivity index (χ0) is 37.8. The molecule has 0 spiro atoms. The van der Waals surface area contributed by atoms with Gasteiger partial charge in [0.2, 0.25) is 0 Å². The molecular weight excluding hydrogens is 660 g/mol. The summed E-state index contributed by atoms with van der Waals surface area (Å²) in [6, 6.07) is 16.9. The summed E-state index contributed by atoms with van der Waals surface area (Å²) in [5, 5.41) is 28.3. The van der Waals surface area contributed by atoms with Crippen LogP contribution >= 0.6 is 0 Å². The molecule has 0 aliphatic heterocycles. The summed E-state index contributed by atoms with van der Waals surface area (Å²) in [4.78, 5) is 25.3. The van der Waals surface area contributed by atoms with Crippen molar-refractivity contribution in [3.05, 3.63) is 70.8 Å². The molecule has 0 unspecified atom stereocenters. The van der Waals surface area contributed by atoms with E-state index in [0.717, 1.165) is 25.1 Å². The van der Waals surface area contributed by atoms with E-state index in [4.69, 9.17) is 14.2 Å². The van der Waals surface area contributed by atoms with E-state index >= 15 is 0 Å². The highest BCUT2D eigenvalue weighted by Gasteiger charge is 2.27. The lowest BCUT2D eigenvalue weighted by molar-refractivity contribution is -0.384. The highest BCUT2D eigenvalue weighted by atomic mass is 16.6. The van der Waals surface area contributed by atoms with Crippen LogP contribution in [0.5, 0.6) is 11.5 Å². The van der Waals surface area contributed by atoms with Crippen molar-refractivity contribution in [1.29, 1.82) is 0 Å². The van der Waals surface area contributed by atoms with E-state index in [1.54, 1.807) is 12.1 Å². The van der Waals surface area contributed by atoms with Crippen LogP contribution in [-0.4, -0.2) is 44.8 Å². The van der Waals surface area contributed by atoms with Crippen LogP contribution < -0.4 is 14.4 Å². The van der Waals surface area contributed by atoms with Gasteiger partial charge in [0.05, 0.1) is 42.5 Å². The Morgan fingerprint density at radius 3 is 1.65 bits per heavy atom. The Morgan fingerprint density at radius 1 is 0.712 bits per heavy atom. The highest BCUT2D eigenvalue weighted by Crippen LogP contribution is 2.41. The Hall–Kier alpha value is -4.87. The maximum atomic E-state index is 12.6. The predicted octanol–water partition coefficient (Wildman–Crippen LogP) is 12.1. The third-order valence-corrected chi connectivity index (χ3v) is 9.11. The quantitative estimate of drug-likeness (QED) is 0.0295. The number of azo groups is 2. The summed E-state index contributed by atoms with van der Waals surface area (Å²) >= 11 is 0. The zero-order valence-corrected chi connectivity index (χ0v) is 31.8. The number of non-ortho nitro benzene ring substituents is 1. The molecule has 3 aromatic rings. The minimum atomic E-state index is -0.500. The summed E-state index contributed by atoms with van der Waals surface area (Å²) in [5.41, 5.74) is 2.44. The molecule has 3 rings (SSSR count). The van der Waals surface area contributed by atoms with Gasteiger partial charge in [-0.1, -0.05) is 71.6 Å². The number of unbranched alkanes of at least 4 members (excludes halogenated alkanes) is 9. The van der Waals surface area contributed by atoms with E-state index in [1.807, 2.05) is 45.0 Å². The first-order valence-corrected chi connectivity index (χ1v) is 18.5. The van der Waals surface area contributed by atoms with Gasteiger partial charge >= 0.3 is 5.97 Å². The monoisotopic (exact) mass is 716 g/mol. The third kappa shape index (κ3) is 13.7. The number of carbonyl (C=O) groups excluding carboxylic acids is 1. The average molecular weight is 717 g/mol. The number of ether oxygens (including phenoxy) is 3. The fraction of sp³-hybridized carbons (Fsp3) is 0.525. The Balaban J connectivity index is 1.67. The number of nitro groups is 1. The van der Waals surface area contributed by atoms with Gasteiger partial charge in [-0.2, -0.15) is 10.2 Å². The van der Waals surface area contributed by atoms with Crippen LogP contribution in [-0.2, 0) is 9.53 Å². The van der Waals surface area contributed by atoms with E-state index in [1.165, 1.54) is 96.3 Å². The van der Waals surface area contributed by atoms with Crippen LogP contribution in [0.15, 0.2) is 81.1 Å². The molecule has 0 aliphatic carbocycles. The van der Waals surface area contributed by atoms with E-state index in [9.17, 15) is 14.9 Å². The minimum absolute atomic E-state index is 0.0292. The van der Waals surface area contributed by atoms with Crippen LogP contribution in [0.1, 0.15) is 98.3 Å². The van der Waals surface area contributed by atoms with Crippen molar-refractivity contribution >= 4 is 40.1 Å². The molecular formula is C40H56N6O6. The van der Waals surface area contributed by atoms with E-state index in [0.29, 0.717) is 47.4 Å². The Morgan fingerprint density at radius 2 is 1.19 bits per heavy atom. The molecule has 0 saturated heterocycles. The van der Waals surface area contributed by atoms with Gasteiger partial charge in [-0.25, -0.2) is 0 Å². The number of hydrogen-bond donors (Lipinski definition) is 0. The molecule has 0 bridgehead atoms. The maximum Gasteiger partial charge on any atom is 0.311 e. The van der Waals surface area contributed by atoms with Gasteiger partial charge < -0.3 is 19.1 Å². The van der Waals surface area contributed by atoms with Crippen LogP contribution in [0.25, 0.3) is 0 Å². The number of anilines is 1. The summed E-state index contributed by atoms with van der Waals surface area (Å²) in [7, 11) is 3.04. The van der Waals surface area contributed by atoms with E-state index in [2.05, 4.69) is 32.3 Å². The van der Waals surface area contributed by atoms with Gasteiger partial charge in [0.15, 0.2) is 0 Å². The first-order chi connectivity index (χ1) is 25.1. The van der Waals surface area contributed by atoms with Gasteiger partial charge in [-0.05, 0) is 63.1 Å². The number of hydrogen-bond acceptors (Lipinski definition) is 11. The van der Waals surface area contributed by atoms with Gasteiger partial charge in [-0.3, -0.25) is 14.9 Å². The summed E-state index contributed by atoms with van der Waals surface area (Å²) in [6.45, 7) is 9.89. The van der Waals surface area contributed by atoms with Crippen molar-refractivity contribution in [2.45, 2.75) is 98.3 Å². The SMILES string of the molecule is CCCCCCCCCCCCN(CCOC(=O)C(C)(C)CC)c1ccc(/N=N/c2cc(OC)c(/N=N/c3ccc([N+](=O)[O-])cc3)cc2OC)cc1. The number of esters is 1. The Bertz CT molecular complexity index is 1590. The van der Waals surface area contributed by atoms with Crippen LogP contribution in [0.3, 0.4) is 0 Å². The van der Waals surface area contributed by atoms with E-state index in [-0.39, 0.29) is 11.7 Å². The smallest absolute Gasteiger partial charge is 0.311 e. The molecule has 0 fully saturated rings. The number of nitro benzene ring substituents is 1. The van der Waals surface area contributed by atoms with Crippen molar-refractivity contribution < 1.29 is 23.9 Å². The van der Waals surface area contributed by atoms with Gasteiger partial charge in [0, 0.05) is 36.5 Å². The molecule has 52 heavy (non-hydrogen) atoms. The summed E-state index contributed by atoms with van der Waals surface area (Å²) < 4.78 is 16.8. The predicted molar refractivity (Wildman–Crippen MR) is 207 cm³/mol. The van der Waals surface area contributed by atoms with Gasteiger partial charge in [-0.15, -0.1) is 10.2 Å². The standard InChI is InChI=1S/C40H56N6O6/c1-7-9-10-11-12-13-14-15-16-17-26-45(27-28-52-39(47)40(3,4)8-2)33-22-18-31(19-23-33)41-43-35-29-38(51-6)36(30-37(35)50-5)44-42-32-20-24-34(25-21-32)46(48)49/h18-25,29-30H,7-17,26-28H2,1-6H3/b43-41+,44-42+. The lowest BCUT2D eigenvalue weighted by atomic mass is 9.91. The number of rotatable bonds is 24. The zero-order valence-electron chi connectivity index (χ0n) is 31.8. The van der Waals surface area contributed by atoms with Crippen molar-refractivity contribution in [2.75, 3.05) is 38.8 Å². The lowest BCUT2D eigenvalue weighted by Crippen LogP contribution is -2.32. The Labute approximate surface area is 308 Å². The lowest BCUT2D eigenvalue weighted by Gasteiger charge is -2.26. The average Bonchev–Trinajstić information content (AvgIpc) is 3.16. The number of nitrogens with zero attached hydrogens (tertiary/aromatic N) is 6. The molecule has 3 aromatic carbocycles. The number of methoxy groups -OCH3 is 2. The number of carbonyl (C=O) groups is 1. The highest BCUT2D eigenvalue weighted by molar-refractivity contribution is 5.75. The minimum Gasteiger partial charge on any atom is -0.494 e. The second-order valence-electron chi connectivity index (χ2n) is 13.4. The molecule has 12 heteroatoms. The van der Waals surface area contributed by atoms with Crippen LogP contribution in [0, 0.1) is 15.5 Å². The van der Waals surface area contributed by atoms with Gasteiger partial charge in [0.25, 0.3) is 5.69 Å². The molecule has 0 radical (unpaired) electrons. The van der Waals surface area contributed by atoms with Crippen molar-refractivity contribution in [3.63, 3.8) is 0 Å². The summed E-state index contributed by atoms with van der Waals surface area (Å²) in [5.74, 6) is 0.654. The molecule has 0 N–H and O–H groups in total. The molecule has 0 saturated carbocycles. The second kappa shape index (κ2) is 22.1. The fourth-order valence-corrected chi connectivity index (χ4v) is 5.36.